The summed E-state index contributed by atoms with van der Waals surface area (Å²) in [5, 5.41) is 17.1. The largest absolute Gasteiger partial charge is 0.468 e. The van der Waals surface area contributed by atoms with Crippen LogP contribution in [0.25, 0.3) is 11.4 Å². The highest BCUT2D eigenvalue weighted by atomic mass is 16.3. The van der Waals surface area contributed by atoms with Gasteiger partial charge in [0.2, 0.25) is 0 Å². The Kier molecular flexibility index (Phi) is 5.28. The van der Waals surface area contributed by atoms with E-state index in [2.05, 4.69) is 26.2 Å². The lowest BCUT2D eigenvalue weighted by Crippen LogP contribution is -2.36. The van der Waals surface area contributed by atoms with E-state index in [0.717, 1.165) is 11.3 Å². The van der Waals surface area contributed by atoms with Crippen molar-refractivity contribution in [3.63, 3.8) is 0 Å². The Balaban J connectivity index is 1.62. The van der Waals surface area contributed by atoms with Crippen molar-refractivity contribution in [2.24, 2.45) is 7.05 Å². The van der Waals surface area contributed by atoms with Gasteiger partial charge in [-0.15, -0.1) is 5.10 Å². The summed E-state index contributed by atoms with van der Waals surface area (Å²) in [4.78, 5) is 14.2. The lowest BCUT2D eigenvalue weighted by atomic mass is 10.2. The van der Waals surface area contributed by atoms with E-state index in [-0.39, 0.29) is 12.1 Å². The summed E-state index contributed by atoms with van der Waals surface area (Å²) in [7, 11) is 5.63. The zero-order chi connectivity index (χ0) is 18.5. The van der Waals surface area contributed by atoms with Crippen LogP contribution in [-0.4, -0.2) is 51.8 Å². The molecule has 1 aromatic carbocycles. The number of likely N-dealkylation sites (N-methyl/N-ethyl adjacent to an activating group) is 1. The molecule has 9 heteroatoms. The molecule has 1 atom stereocenters. The van der Waals surface area contributed by atoms with E-state index in [1.165, 1.54) is 0 Å². The maximum absolute atomic E-state index is 12.3. The van der Waals surface area contributed by atoms with Crippen molar-refractivity contribution in [2.75, 3.05) is 26.0 Å². The van der Waals surface area contributed by atoms with Gasteiger partial charge in [-0.25, -0.2) is 9.48 Å². The summed E-state index contributed by atoms with van der Waals surface area (Å²) in [6.07, 6.45) is 1.62. The van der Waals surface area contributed by atoms with Gasteiger partial charge in [0.05, 0.1) is 12.3 Å². The molecule has 0 spiro atoms. The fraction of sp³-hybridized carbons (Fsp3) is 0.294. The first-order chi connectivity index (χ1) is 12.5. The summed E-state index contributed by atoms with van der Waals surface area (Å²) in [6, 6.07) is 10.7. The molecule has 3 rings (SSSR count). The van der Waals surface area contributed by atoms with Crippen LogP contribution < -0.4 is 10.6 Å². The molecule has 0 bridgehead atoms. The van der Waals surface area contributed by atoms with Gasteiger partial charge in [0.1, 0.15) is 5.76 Å². The summed E-state index contributed by atoms with van der Waals surface area (Å²) in [6.45, 7) is 0.416. The third kappa shape index (κ3) is 4.06. The molecule has 0 fully saturated rings. The van der Waals surface area contributed by atoms with Crippen molar-refractivity contribution < 1.29 is 9.21 Å². The number of aryl methyl sites for hydroxylation is 1. The molecule has 0 aliphatic carbocycles. The van der Waals surface area contributed by atoms with Crippen molar-refractivity contribution >= 4 is 11.7 Å². The van der Waals surface area contributed by atoms with E-state index < -0.39 is 0 Å². The van der Waals surface area contributed by atoms with Gasteiger partial charge in [0.15, 0.2) is 5.82 Å². The quantitative estimate of drug-likeness (QED) is 0.700. The van der Waals surface area contributed by atoms with Crippen molar-refractivity contribution in [3.05, 3.63) is 48.4 Å². The number of nitrogens with one attached hydrogen (secondary N) is 2. The Morgan fingerprint density at radius 1 is 1.31 bits per heavy atom. The molecule has 0 aliphatic heterocycles. The van der Waals surface area contributed by atoms with Crippen LogP contribution in [0.5, 0.6) is 0 Å². The van der Waals surface area contributed by atoms with Gasteiger partial charge < -0.3 is 15.1 Å². The number of rotatable bonds is 6. The second kappa shape index (κ2) is 7.79. The van der Waals surface area contributed by atoms with Gasteiger partial charge in [0.25, 0.3) is 0 Å². The number of furan rings is 1. The number of anilines is 1. The first-order valence-electron chi connectivity index (χ1n) is 8.12. The number of hydrogen-bond acceptors (Lipinski definition) is 6. The number of carbonyl (C=O) groups is 1. The van der Waals surface area contributed by atoms with Crippen LogP contribution in [0, 0.1) is 0 Å². The molecule has 0 saturated heterocycles. The van der Waals surface area contributed by atoms with Crippen LogP contribution in [0.4, 0.5) is 10.5 Å². The molecule has 26 heavy (non-hydrogen) atoms. The Hall–Kier alpha value is -3.20. The van der Waals surface area contributed by atoms with Crippen molar-refractivity contribution in [1.29, 1.82) is 0 Å². The minimum absolute atomic E-state index is 0.0493. The smallest absolute Gasteiger partial charge is 0.319 e. The molecule has 0 saturated carbocycles. The molecular formula is C17H21N7O2. The average molecular weight is 355 g/mol. The lowest BCUT2D eigenvalue weighted by Gasteiger charge is -2.22. The average Bonchev–Trinajstić information content (AvgIpc) is 3.27. The number of benzene rings is 1. The molecule has 2 amide bonds. The van der Waals surface area contributed by atoms with Gasteiger partial charge in [-0.3, -0.25) is 4.90 Å². The molecule has 0 radical (unpaired) electrons. The van der Waals surface area contributed by atoms with Crippen LogP contribution in [0.3, 0.4) is 0 Å². The normalized spacial score (nSPS) is 12.2. The predicted octanol–water partition coefficient (Wildman–Crippen LogP) is 1.89. The maximum atomic E-state index is 12.3. The monoisotopic (exact) mass is 355 g/mol. The van der Waals surface area contributed by atoms with Crippen LogP contribution in [-0.2, 0) is 7.05 Å². The van der Waals surface area contributed by atoms with E-state index in [9.17, 15) is 4.79 Å². The Bertz CT molecular complexity index is 858. The van der Waals surface area contributed by atoms with Gasteiger partial charge in [-0.2, -0.15) is 0 Å². The standard InChI is InChI=1S/C17H21N7O2/c1-23(2)14(15-8-5-9-26-15)11-18-17(25)19-13-7-4-6-12(10-13)16-20-21-22-24(16)3/h4-10,14H,11H2,1-3H3,(H2,18,19,25)/t14-/m1/s1. The summed E-state index contributed by atoms with van der Waals surface area (Å²) < 4.78 is 7.01. The first-order valence-corrected chi connectivity index (χ1v) is 8.12. The zero-order valence-electron chi connectivity index (χ0n) is 14.9. The van der Waals surface area contributed by atoms with E-state index >= 15 is 0 Å². The number of nitrogens with zero attached hydrogens (tertiary/aromatic N) is 5. The maximum Gasteiger partial charge on any atom is 0.319 e. The fourth-order valence-corrected chi connectivity index (χ4v) is 2.59. The second-order valence-corrected chi connectivity index (χ2v) is 6.04. The Morgan fingerprint density at radius 3 is 2.81 bits per heavy atom. The molecule has 0 unspecified atom stereocenters. The number of hydrogen-bond donors (Lipinski definition) is 2. The Morgan fingerprint density at radius 2 is 2.15 bits per heavy atom. The number of tetrazole rings is 1. The molecule has 9 nitrogen and oxygen atoms in total. The summed E-state index contributed by atoms with van der Waals surface area (Å²) in [5.41, 5.74) is 1.47. The van der Waals surface area contributed by atoms with E-state index in [1.807, 2.05) is 55.4 Å². The number of urea groups is 1. The third-order valence-electron chi connectivity index (χ3n) is 3.95. The third-order valence-corrected chi connectivity index (χ3v) is 3.95. The SMILES string of the molecule is CN(C)[C@H](CNC(=O)Nc1cccc(-c2nnnn2C)c1)c1ccco1. The molecule has 136 valence electrons. The van der Waals surface area contributed by atoms with E-state index in [0.29, 0.717) is 18.1 Å². The highest BCUT2D eigenvalue weighted by Crippen LogP contribution is 2.20. The number of aromatic nitrogens is 4. The molecular weight excluding hydrogens is 334 g/mol. The topological polar surface area (TPSA) is 101 Å². The molecule has 0 aliphatic rings. The van der Waals surface area contributed by atoms with E-state index in [4.69, 9.17) is 4.42 Å². The van der Waals surface area contributed by atoms with Gasteiger partial charge in [0, 0.05) is 24.8 Å². The van der Waals surface area contributed by atoms with Crippen molar-refractivity contribution in [1.82, 2.24) is 30.4 Å². The van der Waals surface area contributed by atoms with E-state index in [1.54, 1.807) is 18.0 Å². The minimum atomic E-state index is -0.295. The highest BCUT2D eigenvalue weighted by molar-refractivity contribution is 5.89. The molecule has 2 heterocycles. The molecule has 3 aromatic rings. The van der Waals surface area contributed by atoms with Crippen LogP contribution in [0.2, 0.25) is 0 Å². The number of amides is 2. The van der Waals surface area contributed by atoms with Crippen LogP contribution in [0.15, 0.2) is 47.1 Å². The van der Waals surface area contributed by atoms with Crippen LogP contribution in [0.1, 0.15) is 11.8 Å². The number of carbonyl (C=O) groups excluding carboxylic acids is 1. The molecule has 2 aromatic heterocycles. The lowest BCUT2D eigenvalue weighted by molar-refractivity contribution is 0.233. The van der Waals surface area contributed by atoms with Gasteiger partial charge in [-0.05, 0) is 48.8 Å². The zero-order valence-corrected chi connectivity index (χ0v) is 14.9. The van der Waals surface area contributed by atoms with Crippen LogP contribution >= 0.6 is 0 Å². The predicted molar refractivity (Wildman–Crippen MR) is 96.4 cm³/mol. The minimum Gasteiger partial charge on any atom is -0.468 e. The van der Waals surface area contributed by atoms with Crippen molar-refractivity contribution in [2.45, 2.75) is 6.04 Å². The Labute approximate surface area is 151 Å². The highest BCUT2D eigenvalue weighted by Gasteiger charge is 2.18. The fourth-order valence-electron chi connectivity index (χ4n) is 2.59. The van der Waals surface area contributed by atoms with Crippen molar-refractivity contribution in [3.8, 4) is 11.4 Å². The second-order valence-electron chi connectivity index (χ2n) is 6.04. The first kappa shape index (κ1) is 17.6. The van der Waals surface area contributed by atoms with Gasteiger partial charge >= 0.3 is 6.03 Å². The summed E-state index contributed by atoms with van der Waals surface area (Å²) in [5.74, 6) is 1.42. The van der Waals surface area contributed by atoms with Gasteiger partial charge in [-0.1, -0.05) is 12.1 Å². The molecule has 2 N–H and O–H groups in total. The summed E-state index contributed by atoms with van der Waals surface area (Å²) >= 11 is 0.